The maximum Gasteiger partial charge on any atom is 0.292 e. The lowest BCUT2D eigenvalue weighted by Gasteiger charge is -2.15. The Hall–Kier alpha value is -2.97. The van der Waals surface area contributed by atoms with E-state index in [-0.39, 0.29) is 22.3 Å². The number of benzene rings is 2. The van der Waals surface area contributed by atoms with Gasteiger partial charge in [0.1, 0.15) is 11.5 Å². The van der Waals surface area contributed by atoms with Crippen molar-refractivity contribution in [1.82, 2.24) is 4.90 Å². The zero-order chi connectivity index (χ0) is 19.4. The maximum atomic E-state index is 12.2. The van der Waals surface area contributed by atoms with Crippen molar-refractivity contribution in [3.63, 3.8) is 0 Å². The number of thiocarbonyl (C=S) groups is 1. The number of thioether (sulfide) groups is 1. The molecule has 0 spiro atoms. The van der Waals surface area contributed by atoms with Gasteiger partial charge in [-0.3, -0.25) is 14.5 Å². The van der Waals surface area contributed by atoms with Crippen molar-refractivity contribution in [3.05, 3.63) is 70.6 Å². The third-order valence-electron chi connectivity index (χ3n) is 3.65. The number of amides is 2. The van der Waals surface area contributed by atoms with Gasteiger partial charge in [-0.25, -0.2) is 0 Å². The van der Waals surface area contributed by atoms with Gasteiger partial charge in [0, 0.05) is 5.69 Å². The second-order valence-corrected chi connectivity index (χ2v) is 6.97. The van der Waals surface area contributed by atoms with Crippen molar-refractivity contribution in [3.8, 4) is 0 Å². The first-order valence-electron chi connectivity index (χ1n) is 7.86. The lowest BCUT2D eigenvalue weighted by Crippen LogP contribution is -2.35. The van der Waals surface area contributed by atoms with E-state index in [0.717, 1.165) is 17.3 Å². The van der Waals surface area contributed by atoms with Crippen LogP contribution in [-0.4, -0.2) is 33.5 Å². The molecule has 0 radical (unpaired) electrons. The number of aromatic carboxylic acids is 1. The maximum absolute atomic E-state index is 12.2. The number of hydrogen-bond donors (Lipinski definition) is 1. The van der Waals surface area contributed by atoms with E-state index in [1.54, 1.807) is 12.1 Å². The number of carboxylic acids is 1. The number of hydrogen-bond acceptors (Lipinski definition) is 6. The van der Waals surface area contributed by atoms with Gasteiger partial charge < -0.3 is 15.2 Å². The summed E-state index contributed by atoms with van der Waals surface area (Å²) in [6.45, 7) is -0.258. The molecule has 0 bridgehead atoms. The summed E-state index contributed by atoms with van der Waals surface area (Å²) in [4.78, 5) is 37.5. The van der Waals surface area contributed by atoms with Gasteiger partial charge in [-0.1, -0.05) is 54.7 Å². The summed E-state index contributed by atoms with van der Waals surface area (Å²) >= 11 is 6.30. The van der Waals surface area contributed by atoms with E-state index in [4.69, 9.17) is 12.2 Å². The summed E-state index contributed by atoms with van der Waals surface area (Å²) in [5.74, 6) is -1.82. The molecule has 27 heavy (non-hydrogen) atoms. The molecular formula is C19H13N2O4S2-. The number of nitrogens with zero attached hydrogens (tertiary/aromatic N) is 1. The highest BCUT2D eigenvalue weighted by molar-refractivity contribution is 8.19. The molecule has 1 aliphatic rings. The normalized spacial score (nSPS) is 15.3. The SMILES string of the molecule is O=C(CN1C(=O)S/C(=C\c2ccccc2)C1=S)Nc1cccc(C(=O)[O-])c1. The van der Waals surface area contributed by atoms with Crippen LogP contribution < -0.4 is 10.4 Å². The van der Waals surface area contributed by atoms with Crippen molar-refractivity contribution < 1.29 is 19.5 Å². The Morgan fingerprint density at radius 2 is 1.89 bits per heavy atom. The van der Waals surface area contributed by atoms with Crippen LogP contribution in [0.3, 0.4) is 0 Å². The molecule has 6 nitrogen and oxygen atoms in total. The van der Waals surface area contributed by atoms with E-state index in [9.17, 15) is 19.5 Å². The van der Waals surface area contributed by atoms with Crippen LogP contribution in [0.1, 0.15) is 15.9 Å². The molecule has 2 amide bonds. The van der Waals surface area contributed by atoms with E-state index in [1.165, 1.54) is 23.1 Å². The Labute approximate surface area is 164 Å². The third-order valence-corrected chi connectivity index (χ3v) is 5.15. The van der Waals surface area contributed by atoms with E-state index in [2.05, 4.69) is 5.32 Å². The van der Waals surface area contributed by atoms with Crippen LogP contribution >= 0.6 is 24.0 Å². The molecule has 2 aromatic carbocycles. The fourth-order valence-corrected chi connectivity index (χ4v) is 3.64. The van der Waals surface area contributed by atoms with Crippen LogP contribution in [-0.2, 0) is 4.79 Å². The highest BCUT2D eigenvalue weighted by atomic mass is 32.2. The summed E-state index contributed by atoms with van der Waals surface area (Å²) in [5, 5.41) is 13.1. The zero-order valence-corrected chi connectivity index (χ0v) is 15.5. The molecule has 0 atom stereocenters. The monoisotopic (exact) mass is 397 g/mol. The molecular weight excluding hydrogens is 384 g/mol. The molecule has 1 heterocycles. The first kappa shape index (κ1) is 18.8. The topological polar surface area (TPSA) is 89.5 Å². The van der Waals surface area contributed by atoms with Gasteiger partial charge >= 0.3 is 0 Å². The highest BCUT2D eigenvalue weighted by Crippen LogP contribution is 2.33. The molecule has 0 unspecified atom stereocenters. The van der Waals surface area contributed by atoms with Crippen LogP contribution in [0, 0.1) is 0 Å². The van der Waals surface area contributed by atoms with Gasteiger partial charge in [0.15, 0.2) is 0 Å². The first-order valence-corrected chi connectivity index (χ1v) is 9.08. The number of carbonyl (C=O) groups excluding carboxylic acids is 3. The quantitative estimate of drug-likeness (QED) is 0.616. The number of carbonyl (C=O) groups is 3. The van der Waals surface area contributed by atoms with E-state index >= 15 is 0 Å². The van der Waals surface area contributed by atoms with Crippen LogP contribution in [0.2, 0.25) is 0 Å². The van der Waals surface area contributed by atoms with E-state index < -0.39 is 11.9 Å². The summed E-state index contributed by atoms with van der Waals surface area (Å²) < 4.78 is 0. The standard InChI is InChI=1S/C19H14N2O4S2/c22-16(20-14-8-4-7-13(10-14)18(23)24)11-21-17(26)15(27-19(21)25)9-12-5-2-1-3-6-12/h1-10H,11H2,(H,20,22)(H,23,24)/p-1/b15-9-. The second kappa shape index (κ2) is 8.15. The molecule has 3 rings (SSSR count). The molecule has 0 aromatic heterocycles. The minimum atomic E-state index is -1.34. The summed E-state index contributed by atoms with van der Waals surface area (Å²) in [7, 11) is 0. The average Bonchev–Trinajstić information content (AvgIpc) is 2.90. The smallest absolute Gasteiger partial charge is 0.292 e. The van der Waals surface area contributed by atoms with E-state index in [1.807, 2.05) is 30.3 Å². The molecule has 136 valence electrons. The molecule has 1 aliphatic heterocycles. The largest absolute Gasteiger partial charge is 0.545 e. The van der Waals surface area contributed by atoms with Crippen molar-refractivity contribution in [2.24, 2.45) is 0 Å². The van der Waals surface area contributed by atoms with Crippen molar-refractivity contribution in [2.45, 2.75) is 0 Å². The van der Waals surface area contributed by atoms with Crippen LogP contribution in [0.4, 0.5) is 10.5 Å². The zero-order valence-electron chi connectivity index (χ0n) is 13.9. The average molecular weight is 397 g/mol. The Morgan fingerprint density at radius 1 is 1.15 bits per heavy atom. The van der Waals surface area contributed by atoms with Crippen molar-refractivity contribution in [2.75, 3.05) is 11.9 Å². The summed E-state index contributed by atoms with van der Waals surface area (Å²) in [6, 6.07) is 15.1. The fourth-order valence-electron chi connectivity index (χ4n) is 2.40. The third kappa shape index (κ3) is 4.60. The van der Waals surface area contributed by atoms with Crippen LogP contribution in [0.25, 0.3) is 6.08 Å². The molecule has 1 saturated heterocycles. The Kier molecular flexibility index (Phi) is 5.68. The lowest BCUT2D eigenvalue weighted by atomic mass is 10.2. The highest BCUT2D eigenvalue weighted by Gasteiger charge is 2.33. The number of rotatable bonds is 5. The Morgan fingerprint density at radius 3 is 2.59 bits per heavy atom. The van der Waals surface area contributed by atoms with Gasteiger partial charge in [-0.05, 0) is 41.1 Å². The molecule has 0 saturated carbocycles. The number of carboxylic acid groups (broad SMARTS) is 1. The lowest BCUT2D eigenvalue weighted by molar-refractivity contribution is -0.255. The van der Waals surface area contributed by atoms with Gasteiger partial charge in [0.2, 0.25) is 5.91 Å². The molecule has 1 fully saturated rings. The van der Waals surface area contributed by atoms with Crippen LogP contribution in [0.15, 0.2) is 59.5 Å². The number of anilines is 1. The van der Waals surface area contributed by atoms with Gasteiger partial charge in [0.05, 0.1) is 10.9 Å². The van der Waals surface area contributed by atoms with Crippen LogP contribution in [0.5, 0.6) is 0 Å². The summed E-state index contributed by atoms with van der Waals surface area (Å²) in [6.07, 6.45) is 1.80. The second-order valence-electron chi connectivity index (χ2n) is 5.59. The Balaban J connectivity index is 1.68. The number of nitrogens with one attached hydrogen (secondary N) is 1. The fraction of sp³-hybridized carbons (Fsp3) is 0.0526. The minimum absolute atomic E-state index is 0.0517. The summed E-state index contributed by atoms with van der Waals surface area (Å²) in [5.41, 5.74) is 1.15. The molecule has 0 aliphatic carbocycles. The molecule has 8 heteroatoms. The van der Waals surface area contributed by atoms with Gasteiger partial charge in [-0.15, -0.1) is 0 Å². The van der Waals surface area contributed by atoms with E-state index in [0.29, 0.717) is 10.6 Å². The van der Waals surface area contributed by atoms with Gasteiger partial charge in [0.25, 0.3) is 5.24 Å². The first-order chi connectivity index (χ1) is 12.9. The predicted molar refractivity (Wildman–Crippen MR) is 106 cm³/mol. The Bertz CT molecular complexity index is 957. The van der Waals surface area contributed by atoms with Crippen molar-refractivity contribution in [1.29, 1.82) is 0 Å². The molecule has 1 N–H and O–H groups in total. The minimum Gasteiger partial charge on any atom is -0.545 e. The van der Waals surface area contributed by atoms with Crippen molar-refractivity contribution >= 4 is 57.8 Å². The predicted octanol–water partition coefficient (Wildman–Crippen LogP) is 2.53. The molecule has 2 aromatic rings. The van der Waals surface area contributed by atoms with Gasteiger partial charge in [-0.2, -0.15) is 0 Å².